The van der Waals surface area contributed by atoms with Crippen LogP contribution in [-0.4, -0.2) is 18.1 Å². The third kappa shape index (κ3) is 3.12. The summed E-state index contributed by atoms with van der Waals surface area (Å²) in [6, 6.07) is 4.44. The molecule has 2 rings (SSSR count). The number of nitrogens with two attached hydrogens (primary N) is 1. The molecule has 0 aliphatic rings. The van der Waals surface area contributed by atoms with Crippen molar-refractivity contribution in [3.8, 4) is 11.5 Å². The van der Waals surface area contributed by atoms with Crippen LogP contribution in [-0.2, 0) is 4.74 Å². The minimum Gasteiger partial charge on any atom is -0.465 e. The first-order chi connectivity index (χ1) is 9.51. The van der Waals surface area contributed by atoms with Crippen molar-refractivity contribution in [3.63, 3.8) is 0 Å². The van der Waals surface area contributed by atoms with Gasteiger partial charge in [-0.1, -0.05) is 23.2 Å². The van der Waals surface area contributed by atoms with E-state index in [-0.39, 0.29) is 16.3 Å². The zero-order valence-electron chi connectivity index (χ0n) is 10.4. The lowest BCUT2D eigenvalue weighted by molar-refractivity contribution is 0.0598. The summed E-state index contributed by atoms with van der Waals surface area (Å²) in [4.78, 5) is 15.6. The molecule has 7 heteroatoms. The molecule has 2 N–H and O–H groups in total. The van der Waals surface area contributed by atoms with Gasteiger partial charge in [0.2, 0.25) is 0 Å². The molecule has 0 amide bonds. The summed E-state index contributed by atoms with van der Waals surface area (Å²) in [5.41, 5.74) is 6.11. The Balaban J connectivity index is 2.47. The van der Waals surface area contributed by atoms with Crippen molar-refractivity contribution in [2.75, 3.05) is 12.8 Å². The van der Waals surface area contributed by atoms with Crippen LogP contribution in [0.5, 0.6) is 11.5 Å². The number of esters is 1. The Labute approximate surface area is 125 Å². The Hall–Kier alpha value is -1.98. The van der Waals surface area contributed by atoms with Crippen LogP contribution in [0.2, 0.25) is 10.0 Å². The van der Waals surface area contributed by atoms with Crippen molar-refractivity contribution in [3.05, 3.63) is 46.2 Å². The van der Waals surface area contributed by atoms with Gasteiger partial charge in [0, 0.05) is 18.0 Å². The highest BCUT2D eigenvalue weighted by atomic mass is 35.5. The Kier molecular flexibility index (Phi) is 4.32. The molecule has 0 aliphatic heterocycles. The molecule has 0 spiro atoms. The van der Waals surface area contributed by atoms with Gasteiger partial charge in [-0.15, -0.1) is 0 Å². The maximum atomic E-state index is 11.7. The predicted molar refractivity (Wildman–Crippen MR) is 76.5 cm³/mol. The second-order valence-electron chi connectivity index (χ2n) is 3.81. The lowest BCUT2D eigenvalue weighted by atomic mass is 10.2. The van der Waals surface area contributed by atoms with Crippen molar-refractivity contribution in [2.24, 2.45) is 0 Å². The molecule has 0 saturated carbocycles. The molecule has 0 unspecified atom stereocenters. The van der Waals surface area contributed by atoms with Crippen LogP contribution in [0.4, 0.5) is 5.69 Å². The number of aromatic nitrogens is 1. The number of carbonyl (C=O) groups excluding carboxylic acids is 1. The van der Waals surface area contributed by atoms with E-state index in [4.69, 9.17) is 33.7 Å². The van der Waals surface area contributed by atoms with E-state index in [2.05, 4.69) is 9.72 Å². The molecule has 0 bridgehead atoms. The first-order valence-electron chi connectivity index (χ1n) is 5.47. The van der Waals surface area contributed by atoms with E-state index in [0.29, 0.717) is 16.5 Å². The quantitative estimate of drug-likeness (QED) is 0.693. The molecule has 2 aromatic rings. The number of benzene rings is 1. The van der Waals surface area contributed by atoms with Gasteiger partial charge in [0.1, 0.15) is 11.3 Å². The van der Waals surface area contributed by atoms with Crippen LogP contribution in [0.3, 0.4) is 0 Å². The Morgan fingerprint density at radius 1 is 1.25 bits per heavy atom. The molecule has 0 radical (unpaired) electrons. The molecule has 1 aromatic carbocycles. The Bertz CT molecular complexity index is 662. The zero-order valence-corrected chi connectivity index (χ0v) is 11.9. The van der Waals surface area contributed by atoms with E-state index in [0.717, 1.165) is 0 Å². The van der Waals surface area contributed by atoms with E-state index in [1.807, 2.05) is 0 Å². The fourth-order valence-electron chi connectivity index (χ4n) is 1.55. The van der Waals surface area contributed by atoms with E-state index >= 15 is 0 Å². The summed E-state index contributed by atoms with van der Waals surface area (Å²) in [6.07, 6.45) is 2.90. The summed E-state index contributed by atoms with van der Waals surface area (Å²) in [5.74, 6) is -0.129. The number of methoxy groups -OCH3 is 1. The molecule has 1 aromatic heterocycles. The lowest BCUT2D eigenvalue weighted by Crippen LogP contribution is -2.05. The van der Waals surface area contributed by atoms with Crippen molar-refractivity contribution in [1.82, 2.24) is 4.98 Å². The van der Waals surface area contributed by atoms with Crippen molar-refractivity contribution < 1.29 is 14.3 Å². The average Bonchev–Trinajstić information content (AvgIpc) is 2.40. The average molecular weight is 313 g/mol. The molecule has 0 atom stereocenters. The highest BCUT2D eigenvalue weighted by Gasteiger charge is 2.18. The fraction of sp³-hybridized carbons (Fsp3) is 0.0769. The van der Waals surface area contributed by atoms with E-state index < -0.39 is 5.97 Å². The number of anilines is 1. The van der Waals surface area contributed by atoms with Gasteiger partial charge in [-0.25, -0.2) is 4.79 Å². The van der Waals surface area contributed by atoms with Crippen LogP contribution >= 0.6 is 23.2 Å². The number of halogens is 2. The highest BCUT2D eigenvalue weighted by Crippen LogP contribution is 2.35. The van der Waals surface area contributed by atoms with Crippen molar-refractivity contribution >= 4 is 34.9 Å². The molecule has 104 valence electrons. The summed E-state index contributed by atoms with van der Waals surface area (Å²) in [5, 5.41) is 0.582. The molecular weight excluding hydrogens is 303 g/mol. The summed E-state index contributed by atoms with van der Waals surface area (Å²) < 4.78 is 10.2. The first kappa shape index (κ1) is 14.4. The third-order valence-corrected chi connectivity index (χ3v) is 2.86. The smallest absolute Gasteiger partial charge is 0.341 e. The summed E-state index contributed by atoms with van der Waals surface area (Å²) in [6.45, 7) is 0. The molecular formula is C13H10Cl2N2O3. The molecule has 0 saturated heterocycles. The van der Waals surface area contributed by atoms with Crippen LogP contribution < -0.4 is 10.5 Å². The fourth-order valence-corrected chi connectivity index (χ4v) is 1.98. The van der Waals surface area contributed by atoms with Crippen molar-refractivity contribution in [1.29, 1.82) is 0 Å². The van der Waals surface area contributed by atoms with Gasteiger partial charge in [0.15, 0.2) is 5.75 Å². The minimum atomic E-state index is -0.607. The minimum absolute atomic E-state index is 0.123. The topological polar surface area (TPSA) is 74.4 Å². The number of ether oxygens (including phenoxy) is 2. The number of hydrogen-bond acceptors (Lipinski definition) is 5. The lowest BCUT2D eigenvalue weighted by Gasteiger charge is -2.12. The van der Waals surface area contributed by atoms with Gasteiger partial charge in [0.05, 0.1) is 23.4 Å². The van der Waals surface area contributed by atoms with Crippen LogP contribution in [0.1, 0.15) is 10.4 Å². The maximum absolute atomic E-state index is 11.7. The molecule has 0 fully saturated rings. The van der Waals surface area contributed by atoms with Crippen LogP contribution in [0.15, 0.2) is 30.6 Å². The van der Waals surface area contributed by atoms with E-state index in [1.165, 1.54) is 31.6 Å². The highest BCUT2D eigenvalue weighted by molar-refractivity contribution is 6.33. The second kappa shape index (κ2) is 5.98. The number of hydrogen-bond donors (Lipinski definition) is 1. The predicted octanol–water partition coefficient (Wildman–Crippen LogP) is 3.55. The van der Waals surface area contributed by atoms with Gasteiger partial charge in [0.25, 0.3) is 0 Å². The normalized spacial score (nSPS) is 10.2. The Morgan fingerprint density at radius 2 is 2.00 bits per heavy atom. The Morgan fingerprint density at radius 3 is 2.65 bits per heavy atom. The second-order valence-corrected chi connectivity index (χ2v) is 4.66. The van der Waals surface area contributed by atoms with Gasteiger partial charge in [-0.05, 0) is 12.1 Å². The van der Waals surface area contributed by atoms with E-state index in [1.54, 1.807) is 6.07 Å². The molecule has 20 heavy (non-hydrogen) atoms. The monoisotopic (exact) mass is 312 g/mol. The number of nitrogen functional groups attached to an aromatic ring is 1. The molecule has 1 heterocycles. The first-order valence-corrected chi connectivity index (χ1v) is 6.22. The molecule has 0 aliphatic carbocycles. The van der Waals surface area contributed by atoms with Gasteiger partial charge >= 0.3 is 5.97 Å². The van der Waals surface area contributed by atoms with E-state index in [9.17, 15) is 4.79 Å². The summed E-state index contributed by atoms with van der Waals surface area (Å²) >= 11 is 11.9. The van der Waals surface area contributed by atoms with Crippen LogP contribution in [0.25, 0.3) is 0 Å². The zero-order chi connectivity index (χ0) is 14.7. The van der Waals surface area contributed by atoms with Crippen molar-refractivity contribution in [2.45, 2.75) is 0 Å². The SMILES string of the molecule is COC(=O)c1cc(N)cc(Cl)c1Oc1cncc(Cl)c1. The molecule has 5 nitrogen and oxygen atoms in total. The van der Waals surface area contributed by atoms with Gasteiger partial charge in [-0.3, -0.25) is 4.98 Å². The van der Waals surface area contributed by atoms with Gasteiger partial charge in [-0.2, -0.15) is 0 Å². The number of pyridine rings is 1. The maximum Gasteiger partial charge on any atom is 0.341 e. The van der Waals surface area contributed by atoms with Crippen LogP contribution in [0, 0.1) is 0 Å². The summed E-state index contributed by atoms with van der Waals surface area (Å²) in [7, 11) is 1.25. The largest absolute Gasteiger partial charge is 0.465 e. The van der Waals surface area contributed by atoms with Gasteiger partial charge < -0.3 is 15.2 Å². The third-order valence-electron chi connectivity index (χ3n) is 2.37. The number of carbonyl (C=O) groups is 1. The number of rotatable bonds is 3. The number of nitrogens with zero attached hydrogens (tertiary/aromatic N) is 1. The standard InChI is InChI=1S/C13H10Cl2N2O3/c1-19-13(18)10-3-8(16)4-11(15)12(10)20-9-2-7(14)5-17-6-9/h2-6H,16H2,1H3.